The van der Waals surface area contributed by atoms with Crippen LogP contribution in [-0.2, 0) is 11.3 Å². The summed E-state index contributed by atoms with van der Waals surface area (Å²) in [5, 5.41) is 10.9. The van der Waals surface area contributed by atoms with E-state index in [1.54, 1.807) is 12.0 Å². The van der Waals surface area contributed by atoms with Gasteiger partial charge in [-0.05, 0) is 53.1 Å². The molecule has 1 atom stereocenters. The SMILES string of the molecule is COc1ccc(C2=C(O)C(=O)N(Cc3ccc4c(c3)OCO4)[C@H]2c2ccc(Br)cc2)cc1. The zero-order valence-corrected chi connectivity index (χ0v) is 18.8. The first kappa shape index (κ1) is 20.5. The van der Waals surface area contributed by atoms with Gasteiger partial charge in [0.05, 0.1) is 13.2 Å². The van der Waals surface area contributed by atoms with Crippen molar-refractivity contribution >= 4 is 27.4 Å². The van der Waals surface area contributed by atoms with Gasteiger partial charge in [0.2, 0.25) is 6.79 Å². The second kappa shape index (κ2) is 8.24. The summed E-state index contributed by atoms with van der Waals surface area (Å²) in [5.74, 6) is 1.38. The number of hydrogen-bond donors (Lipinski definition) is 1. The van der Waals surface area contributed by atoms with Gasteiger partial charge in [-0.15, -0.1) is 0 Å². The van der Waals surface area contributed by atoms with Crippen LogP contribution >= 0.6 is 15.9 Å². The largest absolute Gasteiger partial charge is 0.503 e. The first-order valence-electron chi connectivity index (χ1n) is 10.1. The lowest BCUT2D eigenvalue weighted by Crippen LogP contribution is -2.29. The highest BCUT2D eigenvalue weighted by Gasteiger charge is 2.41. The average Bonchev–Trinajstić information content (AvgIpc) is 3.38. The van der Waals surface area contributed by atoms with Crippen LogP contribution in [0.1, 0.15) is 22.7 Å². The van der Waals surface area contributed by atoms with E-state index >= 15 is 0 Å². The Morgan fingerprint density at radius 1 is 1.03 bits per heavy atom. The van der Waals surface area contributed by atoms with E-state index in [4.69, 9.17) is 14.2 Å². The van der Waals surface area contributed by atoms with Crippen LogP contribution in [0, 0.1) is 0 Å². The van der Waals surface area contributed by atoms with E-state index in [1.165, 1.54) is 0 Å². The van der Waals surface area contributed by atoms with Gasteiger partial charge in [0.1, 0.15) is 5.75 Å². The number of aliphatic hydroxyl groups excluding tert-OH is 1. The Morgan fingerprint density at radius 2 is 1.75 bits per heavy atom. The zero-order valence-electron chi connectivity index (χ0n) is 17.2. The van der Waals surface area contributed by atoms with Gasteiger partial charge < -0.3 is 24.2 Å². The van der Waals surface area contributed by atoms with Gasteiger partial charge in [-0.3, -0.25) is 4.79 Å². The molecule has 0 spiro atoms. The van der Waals surface area contributed by atoms with Crippen molar-refractivity contribution < 1.29 is 24.1 Å². The maximum Gasteiger partial charge on any atom is 0.290 e. The summed E-state index contributed by atoms with van der Waals surface area (Å²) in [7, 11) is 1.60. The summed E-state index contributed by atoms with van der Waals surface area (Å²) >= 11 is 3.47. The highest BCUT2D eigenvalue weighted by molar-refractivity contribution is 9.10. The molecular weight excluding hydrogens is 474 g/mol. The number of rotatable bonds is 5. The predicted octanol–water partition coefficient (Wildman–Crippen LogP) is 5.24. The first-order valence-corrected chi connectivity index (χ1v) is 10.9. The summed E-state index contributed by atoms with van der Waals surface area (Å²) < 4.78 is 17.1. The fraction of sp³-hybridized carbons (Fsp3) is 0.160. The van der Waals surface area contributed by atoms with Crippen LogP contribution in [0.3, 0.4) is 0 Å². The van der Waals surface area contributed by atoms with Crippen LogP contribution in [-0.4, -0.2) is 29.8 Å². The Kier molecular flexibility index (Phi) is 5.27. The Balaban J connectivity index is 1.56. The maximum absolute atomic E-state index is 13.2. The Bertz CT molecular complexity index is 1200. The number of hydrogen-bond acceptors (Lipinski definition) is 5. The van der Waals surface area contributed by atoms with Crippen molar-refractivity contribution in [2.45, 2.75) is 12.6 Å². The highest BCUT2D eigenvalue weighted by Crippen LogP contribution is 2.44. The topological polar surface area (TPSA) is 68.2 Å². The van der Waals surface area contributed by atoms with E-state index in [0.717, 1.165) is 21.2 Å². The van der Waals surface area contributed by atoms with Crippen LogP contribution in [0.4, 0.5) is 0 Å². The van der Waals surface area contributed by atoms with Crippen LogP contribution in [0.2, 0.25) is 0 Å². The monoisotopic (exact) mass is 493 g/mol. The van der Waals surface area contributed by atoms with Crippen molar-refractivity contribution in [2.75, 3.05) is 13.9 Å². The molecule has 1 amide bonds. The van der Waals surface area contributed by atoms with Gasteiger partial charge in [0.15, 0.2) is 17.3 Å². The first-order chi connectivity index (χ1) is 15.5. The van der Waals surface area contributed by atoms with Gasteiger partial charge in [-0.25, -0.2) is 0 Å². The quantitative estimate of drug-likeness (QED) is 0.526. The number of carbonyl (C=O) groups is 1. The predicted molar refractivity (Wildman–Crippen MR) is 123 cm³/mol. The summed E-state index contributed by atoms with van der Waals surface area (Å²) in [6.45, 7) is 0.493. The molecule has 0 aromatic heterocycles. The Hall–Kier alpha value is -3.45. The second-order valence-electron chi connectivity index (χ2n) is 7.57. The number of carbonyl (C=O) groups excluding carboxylic acids is 1. The smallest absolute Gasteiger partial charge is 0.290 e. The van der Waals surface area contributed by atoms with Gasteiger partial charge >= 0.3 is 0 Å². The molecule has 0 bridgehead atoms. The lowest BCUT2D eigenvalue weighted by molar-refractivity contribution is -0.130. The molecule has 5 rings (SSSR count). The number of methoxy groups -OCH3 is 1. The molecule has 3 aromatic rings. The summed E-state index contributed by atoms with van der Waals surface area (Å²) in [6, 6.07) is 20.3. The normalized spacial score (nSPS) is 17.2. The molecular formula is C25H20BrNO5. The highest BCUT2D eigenvalue weighted by atomic mass is 79.9. The molecule has 0 aliphatic carbocycles. The molecule has 0 saturated heterocycles. The van der Waals surface area contributed by atoms with Crippen molar-refractivity contribution in [2.24, 2.45) is 0 Å². The van der Waals surface area contributed by atoms with Gasteiger partial charge in [0.25, 0.3) is 5.91 Å². The molecule has 162 valence electrons. The van der Waals surface area contributed by atoms with Crippen molar-refractivity contribution in [3.8, 4) is 17.2 Å². The molecule has 2 heterocycles. The second-order valence-corrected chi connectivity index (χ2v) is 8.48. The van der Waals surface area contributed by atoms with Crippen LogP contribution in [0.25, 0.3) is 5.57 Å². The molecule has 32 heavy (non-hydrogen) atoms. The molecule has 3 aromatic carbocycles. The maximum atomic E-state index is 13.2. The third-order valence-corrected chi connectivity index (χ3v) is 6.21. The van der Waals surface area contributed by atoms with Crippen LogP contribution in [0.5, 0.6) is 17.2 Å². The summed E-state index contributed by atoms with van der Waals surface area (Å²) in [4.78, 5) is 14.9. The molecule has 7 heteroatoms. The lowest BCUT2D eigenvalue weighted by atomic mass is 9.93. The number of ether oxygens (including phenoxy) is 3. The zero-order chi connectivity index (χ0) is 22.2. The van der Waals surface area contributed by atoms with Crippen molar-refractivity contribution in [3.05, 3.63) is 93.7 Å². The van der Waals surface area contributed by atoms with E-state index in [9.17, 15) is 9.90 Å². The number of fused-ring (bicyclic) bond motifs is 1. The molecule has 0 saturated carbocycles. The number of nitrogens with zero attached hydrogens (tertiary/aromatic N) is 1. The van der Waals surface area contributed by atoms with Crippen molar-refractivity contribution in [1.29, 1.82) is 0 Å². The van der Waals surface area contributed by atoms with Crippen LogP contribution < -0.4 is 14.2 Å². The number of aliphatic hydroxyl groups is 1. The van der Waals surface area contributed by atoms with Gasteiger partial charge in [0, 0.05) is 16.6 Å². The Labute approximate surface area is 193 Å². The average molecular weight is 494 g/mol. The molecule has 0 unspecified atom stereocenters. The van der Waals surface area contributed by atoms with E-state index < -0.39 is 11.9 Å². The van der Waals surface area contributed by atoms with Crippen molar-refractivity contribution in [1.82, 2.24) is 4.90 Å². The fourth-order valence-corrected chi connectivity index (χ4v) is 4.37. The van der Waals surface area contributed by atoms with E-state index in [-0.39, 0.29) is 12.6 Å². The minimum atomic E-state index is -0.450. The molecule has 2 aliphatic rings. The molecule has 1 N–H and O–H groups in total. The van der Waals surface area contributed by atoms with Crippen molar-refractivity contribution in [3.63, 3.8) is 0 Å². The number of benzene rings is 3. The third kappa shape index (κ3) is 3.58. The number of amides is 1. The summed E-state index contributed by atoms with van der Waals surface area (Å²) in [6.07, 6.45) is 0. The molecule has 0 fully saturated rings. The number of halogens is 1. The van der Waals surface area contributed by atoms with Crippen LogP contribution in [0.15, 0.2) is 77.0 Å². The Morgan fingerprint density at radius 3 is 2.47 bits per heavy atom. The standard InChI is InChI=1S/C25H20BrNO5/c1-30-19-9-5-16(6-10-19)22-23(17-3-7-18(26)8-4-17)27(25(29)24(22)28)13-15-2-11-20-21(12-15)32-14-31-20/h2-12,23,28H,13-14H2,1H3/t23-/m0/s1. The third-order valence-electron chi connectivity index (χ3n) is 5.68. The van der Waals surface area contributed by atoms with Gasteiger partial charge in [-0.2, -0.15) is 0 Å². The molecule has 0 radical (unpaired) electrons. The van der Waals surface area contributed by atoms with E-state index in [0.29, 0.717) is 29.4 Å². The van der Waals surface area contributed by atoms with Gasteiger partial charge in [-0.1, -0.05) is 46.3 Å². The lowest BCUT2D eigenvalue weighted by Gasteiger charge is -2.27. The minimum Gasteiger partial charge on any atom is -0.503 e. The summed E-state index contributed by atoms with van der Waals surface area (Å²) in [5.41, 5.74) is 3.11. The molecule has 2 aliphatic heterocycles. The minimum absolute atomic E-state index is 0.187. The van der Waals surface area contributed by atoms with E-state index in [2.05, 4.69) is 15.9 Å². The van der Waals surface area contributed by atoms with E-state index in [1.807, 2.05) is 66.7 Å². The fourth-order valence-electron chi connectivity index (χ4n) is 4.11. The molecule has 6 nitrogen and oxygen atoms in total.